The lowest BCUT2D eigenvalue weighted by molar-refractivity contribution is 0.250. The molecule has 0 N–H and O–H groups in total. The van der Waals surface area contributed by atoms with Gasteiger partial charge in [-0.05, 0) is 47.7 Å². The minimum Gasteiger partial charge on any atom is -0.493 e. The highest BCUT2D eigenvalue weighted by molar-refractivity contribution is 5.94. The number of benzene rings is 3. The molecule has 0 radical (unpaired) electrons. The highest BCUT2D eigenvalue weighted by Gasteiger charge is 2.27. The van der Waals surface area contributed by atoms with E-state index in [2.05, 4.69) is 87.4 Å². The van der Waals surface area contributed by atoms with E-state index in [-0.39, 0.29) is 0 Å². The minimum atomic E-state index is 0.327. The number of hydrogen-bond donors (Lipinski definition) is 0. The standard InChI is InChI=1S/C30H33N3O2/c1-34-29-17-23-11-12-28(25(23)18-30(29)35-2)33-20-24-9-6-10-27(26(24)21-33)32-15-13-31(14-16-32)19-22-7-4-3-5-8-22/h3-10,17-18,20-21,28H,11-16,19H2,1-2H3. The van der Waals surface area contributed by atoms with Gasteiger partial charge in [0.15, 0.2) is 11.5 Å². The van der Waals surface area contributed by atoms with E-state index in [4.69, 9.17) is 9.47 Å². The first kappa shape index (κ1) is 22.1. The molecule has 4 aromatic rings. The zero-order valence-electron chi connectivity index (χ0n) is 20.6. The van der Waals surface area contributed by atoms with E-state index in [9.17, 15) is 0 Å². The monoisotopic (exact) mass is 467 g/mol. The molecule has 1 atom stereocenters. The predicted molar refractivity (Wildman–Crippen MR) is 142 cm³/mol. The maximum absolute atomic E-state index is 5.60. The molecule has 0 bridgehead atoms. The number of ether oxygens (including phenoxy) is 2. The minimum absolute atomic E-state index is 0.327. The van der Waals surface area contributed by atoms with Crippen molar-refractivity contribution in [2.75, 3.05) is 45.3 Å². The molecule has 1 fully saturated rings. The third-order valence-corrected chi connectivity index (χ3v) is 7.70. The van der Waals surface area contributed by atoms with Gasteiger partial charge in [-0.1, -0.05) is 42.5 Å². The summed E-state index contributed by atoms with van der Waals surface area (Å²) in [6.45, 7) is 5.32. The average Bonchev–Trinajstić information content (AvgIpc) is 3.52. The van der Waals surface area contributed by atoms with Crippen LogP contribution in [0, 0.1) is 0 Å². The van der Waals surface area contributed by atoms with Crippen molar-refractivity contribution in [1.29, 1.82) is 0 Å². The fraction of sp³-hybridized carbons (Fsp3) is 0.333. The van der Waals surface area contributed by atoms with Gasteiger partial charge < -0.3 is 18.9 Å². The van der Waals surface area contributed by atoms with E-state index in [1.165, 1.54) is 33.2 Å². The molecule has 1 saturated heterocycles. The van der Waals surface area contributed by atoms with Crippen molar-refractivity contribution in [3.8, 4) is 11.5 Å². The quantitative estimate of drug-likeness (QED) is 0.374. The average molecular weight is 468 g/mol. The molecule has 6 rings (SSSR count). The molecule has 180 valence electrons. The molecule has 1 aliphatic heterocycles. The Balaban J connectivity index is 1.24. The Kier molecular flexibility index (Phi) is 5.86. The van der Waals surface area contributed by atoms with Gasteiger partial charge in [-0.15, -0.1) is 0 Å². The Morgan fingerprint density at radius 2 is 1.60 bits per heavy atom. The molecule has 5 heteroatoms. The Morgan fingerprint density at radius 1 is 0.829 bits per heavy atom. The zero-order chi connectivity index (χ0) is 23.8. The first-order chi connectivity index (χ1) is 17.2. The number of nitrogens with zero attached hydrogens (tertiary/aromatic N) is 3. The number of anilines is 1. The topological polar surface area (TPSA) is 29.9 Å². The third-order valence-electron chi connectivity index (χ3n) is 7.70. The summed E-state index contributed by atoms with van der Waals surface area (Å²) in [5.74, 6) is 1.63. The number of rotatable bonds is 6. The van der Waals surface area contributed by atoms with Gasteiger partial charge in [0.05, 0.1) is 20.3 Å². The lowest BCUT2D eigenvalue weighted by Crippen LogP contribution is -2.46. The second kappa shape index (κ2) is 9.31. The molecular formula is C30H33N3O2. The lowest BCUT2D eigenvalue weighted by atomic mass is 10.1. The van der Waals surface area contributed by atoms with E-state index in [0.29, 0.717) is 6.04 Å². The van der Waals surface area contributed by atoms with Crippen LogP contribution in [-0.2, 0) is 13.0 Å². The van der Waals surface area contributed by atoms with Gasteiger partial charge in [-0.3, -0.25) is 4.90 Å². The molecule has 35 heavy (non-hydrogen) atoms. The molecule has 1 aromatic heterocycles. The van der Waals surface area contributed by atoms with Crippen LogP contribution in [-0.4, -0.2) is 49.9 Å². The fourth-order valence-corrected chi connectivity index (χ4v) is 5.84. The van der Waals surface area contributed by atoms with E-state index in [1.807, 2.05) is 0 Å². The number of hydrogen-bond acceptors (Lipinski definition) is 4. The molecule has 0 spiro atoms. The molecule has 3 aromatic carbocycles. The number of aromatic nitrogens is 1. The smallest absolute Gasteiger partial charge is 0.161 e. The molecular weight excluding hydrogens is 434 g/mol. The second-order valence-corrected chi connectivity index (χ2v) is 9.69. The summed E-state index contributed by atoms with van der Waals surface area (Å²) in [5.41, 5.74) is 5.46. The molecule has 2 aliphatic rings. The van der Waals surface area contributed by atoms with Crippen LogP contribution in [0.3, 0.4) is 0 Å². The van der Waals surface area contributed by atoms with E-state index >= 15 is 0 Å². The second-order valence-electron chi connectivity index (χ2n) is 9.69. The van der Waals surface area contributed by atoms with Gasteiger partial charge in [-0.2, -0.15) is 0 Å². The molecule has 1 unspecified atom stereocenters. The summed E-state index contributed by atoms with van der Waals surface area (Å²) in [7, 11) is 3.42. The van der Waals surface area contributed by atoms with Crippen molar-refractivity contribution in [1.82, 2.24) is 9.47 Å². The van der Waals surface area contributed by atoms with Gasteiger partial charge in [0.2, 0.25) is 0 Å². The Labute approximate surface area is 207 Å². The van der Waals surface area contributed by atoms with Crippen LogP contribution in [0.2, 0.25) is 0 Å². The van der Waals surface area contributed by atoms with Crippen molar-refractivity contribution in [2.45, 2.75) is 25.4 Å². The number of fused-ring (bicyclic) bond motifs is 2. The molecule has 2 heterocycles. The first-order valence-electron chi connectivity index (χ1n) is 12.6. The fourth-order valence-electron chi connectivity index (χ4n) is 5.84. The Hall–Kier alpha value is -3.44. The van der Waals surface area contributed by atoms with Crippen molar-refractivity contribution in [3.63, 3.8) is 0 Å². The van der Waals surface area contributed by atoms with E-state index in [1.54, 1.807) is 14.2 Å². The summed E-state index contributed by atoms with van der Waals surface area (Å²) in [6.07, 6.45) is 6.84. The van der Waals surface area contributed by atoms with Crippen LogP contribution in [0.1, 0.15) is 29.2 Å². The van der Waals surface area contributed by atoms with Gasteiger partial charge in [0, 0.05) is 61.6 Å². The third kappa shape index (κ3) is 4.14. The summed E-state index contributed by atoms with van der Waals surface area (Å²) in [5, 5.41) is 2.65. The Bertz CT molecular complexity index is 1320. The van der Waals surface area contributed by atoms with Crippen molar-refractivity contribution < 1.29 is 9.47 Å². The molecule has 5 nitrogen and oxygen atoms in total. The molecule has 0 amide bonds. The normalized spacial score (nSPS) is 18.1. The van der Waals surface area contributed by atoms with Crippen LogP contribution in [0.5, 0.6) is 11.5 Å². The highest BCUT2D eigenvalue weighted by atomic mass is 16.5. The van der Waals surface area contributed by atoms with Crippen molar-refractivity contribution in [2.24, 2.45) is 0 Å². The van der Waals surface area contributed by atoms with Crippen LogP contribution in [0.15, 0.2) is 73.1 Å². The largest absolute Gasteiger partial charge is 0.493 e. The van der Waals surface area contributed by atoms with Crippen LogP contribution in [0.25, 0.3) is 10.8 Å². The maximum Gasteiger partial charge on any atom is 0.161 e. The Morgan fingerprint density at radius 3 is 2.37 bits per heavy atom. The van der Waals surface area contributed by atoms with Gasteiger partial charge in [0.1, 0.15) is 0 Å². The van der Waals surface area contributed by atoms with Crippen LogP contribution < -0.4 is 14.4 Å². The van der Waals surface area contributed by atoms with Gasteiger partial charge >= 0.3 is 0 Å². The molecule has 1 aliphatic carbocycles. The van der Waals surface area contributed by atoms with E-state index < -0.39 is 0 Å². The van der Waals surface area contributed by atoms with E-state index in [0.717, 1.165) is 57.1 Å². The SMILES string of the molecule is COc1cc2c(cc1OC)C(n1cc3cccc(N4CCN(Cc5ccccc5)CC4)c3c1)CC2. The predicted octanol–water partition coefficient (Wildman–Crippen LogP) is 5.52. The summed E-state index contributed by atoms with van der Waals surface area (Å²) < 4.78 is 13.6. The summed E-state index contributed by atoms with van der Waals surface area (Å²) in [6, 6.07) is 22.2. The highest BCUT2D eigenvalue weighted by Crippen LogP contribution is 2.42. The van der Waals surface area contributed by atoms with Gasteiger partial charge in [-0.25, -0.2) is 0 Å². The lowest BCUT2D eigenvalue weighted by Gasteiger charge is -2.36. The maximum atomic E-state index is 5.60. The number of methoxy groups -OCH3 is 2. The van der Waals surface area contributed by atoms with Crippen molar-refractivity contribution in [3.05, 3.63) is 89.7 Å². The summed E-state index contributed by atoms with van der Waals surface area (Å²) in [4.78, 5) is 5.12. The van der Waals surface area contributed by atoms with Crippen LogP contribution >= 0.6 is 0 Å². The summed E-state index contributed by atoms with van der Waals surface area (Å²) >= 11 is 0. The number of aryl methyl sites for hydroxylation is 1. The van der Waals surface area contributed by atoms with Gasteiger partial charge in [0.25, 0.3) is 0 Å². The van der Waals surface area contributed by atoms with Crippen molar-refractivity contribution >= 4 is 16.5 Å². The van der Waals surface area contributed by atoms with Crippen LogP contribution in [0.4, 0.5) is 5.69 Å². The molecule has 0 saturated carbocycles. The first-order valence-corrected chi connectivity index (χ1v) is 12.6. The zero-order valence-corrected chi connectivity index (χ0v) is 20.6. The number of piperazine rings is 1.